The van der Waals surface area contributed by atoms with Crippen LogP contribution in [0.5, 0.6) is 0 Å². The molecule has 0 fully saturated rings. The van der Waals surface area contributed by atoms with E-state index >= 15 is 0 Å². The molecule has 2 rings (SSSR count). The Balaban J connectivity index is 1.95. The summed E-state index contributed by atoms with van der Waals surface area (Å²) in [5.74, 6) is -0.936. The normalized spacial score (nSPS) is 10.3. The maximum absolute atomic E-state index is 12.4. The minimum absolute atomic E-state index is 0.0640. The molecular formula is C20H21ClN2O4S. The molecule has 1 N–H and O–H groups in total. The minimum atomic E-state index is -0.622. The lowest BCUT2D eigenvalue weighted by Crippen LogP contribution is -2.23. The molecule has 0 radical (unpaired) electrons. The molecule has 28 heavy (non-hydrogen) atoms. The van der Waals surface area contributed by atoms with Crippen molar-refractivity contribution >= 4 is 46.8 Å². The van der Waals surface area contributed by atoms with Crippen LogP contribution in [-0.2, 0) is 14.3 Å². The molecule has 0 aromatic heterocycles. The molecule has 2 aromatic rings. The van der Waals surface area contributed by atoms with Crippen molar-refractivity contribution in [1.29, 1.82) is 0 Å². The van der Waals surface area contributed by atoms with E-state index in [2.05, 4.69) is 5.32 Å². The van der Waals surface area contributed by atoms with Crippen LogP contribution in [0.15, 0.2) is 47.4 Å². The second-order valence-electron chi connectivity index (χ2n) is 6.16. The van der Waals surface area contributed by atoms with E-state index in [9.17, 15) is 14.4 Å². The number of amides is 2. The van der Waals surface area contributed by atoms with Gasteiger partial charge in [-0.05, 0) is 42.8 Å². The van der Waals surface area contributed by atoms with Crippen molar-refractivity contribution in [1.82, 2.24) is 4.90 Å². The van der Waals surface area contributed by atoms with Crippen molar-refractivity contribution < 1.29 is 19.1 Å². The first-order chi connectivity index (χ1) is 13.3. The third kappa shape index (κ3) is 6.28. The van der Waals surface area contributed by atoms with Gasteiger partial charge in [0.15, 0.2) is 6.61 Å². The van der Waals surface area contributed by atoms with Gasteiger partial charge in [-0.25, -0.2) is 4.79 Å². The summed E-state index contributed by atoms with van der Waals surface area (Å²) in [5.41, 5.74) is 1.72. The molecule has 0 atom stereocenters. The number of thioether (sulfide) groups is 1. The maximum Gasteiger partial charge on any atom is 0.339 e. The van der Waals surface area contributed by atoms with Crippen LogP contribution >= 0.6 is 23.4 Å². The number of aryl methyl sites for hydroxylation is 1. The van der Waals surface area contributed by atoms with Gasteiger partial charge in [0.25, 0.3) is 5.91 Å². The van der Waals surface area contributed by atoms with E-state index in [1.807, 2.05) is 6.92 Å². The summed E-state index contributed by atoms with van der Waals surface area (Å²) >= 11 is 7.14. The number of benzene rings is 2. The van der Waals surface area contributed by atoms with Crippen molar-refractivity contribution in [2.45, 2.75) is 11.8 Å². The number of esters is 1. The molecule has 2 amide bonds. The van der Waals surface area contributed by atoms with Crippen LogP contribution in [0.4, 0.5) is 5.69 Å². The first-order valence-corrected chi connectivity index (χ1v) is 9.79. The molecule has 0 unspecified atom stereocenters. The highest BCUT2D eigenvalue weighted by molar-refractivity contribution is 8.00. The number of carbonyl (C=O) groups is 3. The highest BCUT2D eigenvalue weighted by Crippen LogP contribution is 2.24. The van der Waals surface area contributed by atoms with E-state index in [1.165, 1.54) is 16.7 Å². The van der Waals surface area contributed by atoms with E-state index < -0.39 is 18.5 Å². The SMILES string of the molecule is Cc1cc(Cl)ccc1NC(=O)COC(=O)c1ccccc1SCC(=O)N(C)C. The summed E-state index contributed by atoms with van der Waals surface area (Å²) in [7, 11) is 3.34. The van der Waals surface area contributed by atoms with Gasteiger partial charge < -0.3 is 15.0 Å². The van der Waals surface area contributed by atoms with Gasteiger partial charge in [0.05, 0.1) is 11.3 Å². The summed E-state index contributed by atoms with van der Waals surface area (Å²) < 4.78 is 5.13. The second-order valence-corrected chi connectivity index (χ2v) is 7.61. The Labute approximate surface area is 173 Å². The lowest BCUT2D eigenvalue weighted by atomic mass is 10.2. The fraction of sp³-hybridized carbons (Fsp3) is 0.250. The monoisotopic (exact) mass is 420 g/mol. The van der Waals surface area contributed by atoms with E-state index in [1.54, 1.807) is 56.6 Å². The van der Waals surface area contributed by atoms with Crippen LogP contribution < -0.4 is 5.32 Å². The van der Waals surface area contributed by atoms with Crippen molar-refractivity contribution in [2.24, 2.45) is 0 Å². The van der Waals surface area contributed by atoms with Gasteiger partial charge in [0.1, 0.15) is 0 Å². The van der Waals surface area contributed by atoms with Gasteiger partial charge in [-0.2, -0.15) is 0 Å². The lowest BCUT2D eigenvalue weighted by molar-refractivity contribution is -0.125. The first-order valence-electron chi connectivity index (χ1n) is 8.43. The number of nitrogens with zero attached hydrogens (tertiary/aromatic N) is 1. The molecule has 0 spiro atoms. The van der Waals surface area contributed by atoms with E-state index in [-0.39, 0.29) is 11.7 Å². The Morgan fingerprint density at radius 2 is 1.86 bits per heavy atom. The van der Waals surface area contributed by atoms with Crippen molar-refractivity contribution in [3.8, 4) is 0 Å². The molecule has 6 nitrogen and oxygen atoms in total. The van der Waals surface area contributed by atoms with E-state index in [0.717, 1.165) is 5.56 Å². The molecule has 0 aliphatic heterocycles. The van der Waals surface area contributed by atoms with E-state index in [0.29, 0.717) is 21.2 Å². The number of hydrogen-bond acceptors (Lipinski definition) is 5. The van der Waals surface area contributed by atoms with Crippen LogP contribution in [0.1, 0.15) is 15.9 Å². The van der Waals surface area contributed by atoms with Crippen LogP contribution in [0, 0.1) is 6.92 Å². The molecule has 0 saturated heterocycles. The third-order valence-electron chi connectivity index (χ3n) is 3.75. The van der Waals surface area contributed by atoms with Gasteiger partial charge in [-0.1, -0.05) is 23.7 Å². The largest absolute Gasteiger partial charge is 0.452 e. The average molecular weight is 421 g/mol. The molecule has 8 heteroatoms. The standard InChI is InChI=1S/C20H21ClN2O4S/c1-13-10-14(21)8-9-16(13)22-18(24)11-27-20(26)15-6-4-5-7-17(15)28-12-19(25)23(2)3/h4-10H,11-12H2,1-3H3,(H,22,24). The highest BCUT2D eigenvalue weighted by atomic mass is 35.5. The zero-order chi connectivity index (χ0) is 20.7. The quantitative estimate of drug-likeness (QED) is 0.546. The molecular weight excluding hydrogens is 400 g/mol. The van der Waals surface area contributed by atoms with Crippen LogP contribution in [0.2, 0.25) is 5.02 Å². The molecule has 0 heterocycles. The Morgan fingerprint density at radius 1 is 1.14 bits per heavy atom. The van der Waals surface area contributed by atoms with Gasteiger partial charge in [0, 0.05) is 29.7 Å². The Morgan fingerprint density at radius 3 is 2.54 bits per heavy atom. The summed E-state index contributed by atoms with van der Waals surface area (Å²) in [6.07, 6.45) is 0. The summed E-state index contributed by atoms with van der Waals surface area (Å²) in [5, 5.41) is 3.25. The van der Waals surface area contributed by atoms with E-state index in [4.69, 9.17) is 16.3 Å². The number of nitrogens with one attached hydrogen (secondary N) is 1. The maximum atomic E-state index is 12.4. The number of carbonyl (C=O) groups excluding carboxylic acids is 3. The summed E-state index contributed by atoms with van der Waals surface area (Å²) in [6, 6.07) is 11.9. The predicted molar refractivity (Wildman–Crippen MR) is 111 cm³/mol. The molecule has 0 bridgehead atoms. The number of anilines is 1. The summed E-state index contributed by atoms with van der Waals surface area (Å²) in [4.78, 5) is 38.3. The Hall–Kier alpha value is -2.51. The van der Waals surface area contributed by atoms with Gasteiger partial charge in [0.2, 0.25) is 5.91 Å². The minimum Gasteiger partial charge on any atom is -0.452 e. The average Bonchev–Trinajstić information content (AvgIpc) is 2.66. The van der Waals surface area contributed by atoms with Gasteiger partial charge >= 0.3 is 5.97 Å². The zero-order valence-corrected chi connectivity index (χ0v) is 17.4. The number of halogens is 1. The summed E-state index contributed by atoms with van der Waals surface area (Å²) in [6.45, 7) is 1.40. The van der Waals surface area contributed by atoms with Crippen LogP contribution in [-0.4, -0.2) is 49.1 Å². The predicted octanol–water partition coefficient (Wildman–Crippen LogP) is 3.62. The second kappa shape index (κ2) is 10.1. The van der Waals surface area contributed by atoms with Crippen molar-refractivity contribution in [3.63, 3.8) is 0 Å². The number of hydrogen-bond donors (Lipinski definition) is 1. The van der Waals surface area contributed by atoms with Gasteiger partial charge in [-0.3, -0.25) is 9.59 Å². The topological polar surface area (TPSA) is 75.7 Å². The van der Waals surface area contributed by atoms with Crippen LogP contribution in [0.25, 0.3) is 0 Å². The molecule has 0 aliphatic rings. The molecule has 148 valence electrons. The number of ether oxygens (including phenoxy) is 1. The number of rotatable bonds is 7. The Bertz CT molecular complexity index is 886. The third-order valence-corrected chi connectivity index (χ3v) is 5.05. The fourth-order valence-electron chi connectivity index (χ4n) is 2.19. The molecule has 0 saturated carbocycles. The first kappa shape index (κ1) is 21.8. The Kier molecular flexibility index (Phi) is 7.90. The van der Waals surface area contributed by atoms with Gasteiger partial charge in [-0.15, -0.1) is 11.8 Å². The van der Waals surface area contributed by atoms with Crippen molar-refractivity contribution in [2.75, 3.05) is 31.8 Å². The lowest BCUT2D eigenvalue weighted by Gasteiger charge is -2.12. The fourth-order valence-corrected chi connectivity index (χ4v) is 3.44. The molecule has 0 aliphatic carbocycles. The highest BCUT2D eigenvalue weighted by Gasteiger charge is 2.16. The zero-order valence-electron chi connectivity index (χ0n) is 15.8. The smallest absolute Gasteiger partial charge is 0.339 e. The molecule has 2 aromatic carbocycles. The van der Waals surface area contributed by atoms with Crippen LogP contribution in [0.3, 0.4) is 0 Å². The van der Waals surface area contributed by atoms with Crippen molar-refractivity contribution in [3.05, 3.63) is 58.6 Å².